The summed E-state index contributed by atoms with van der Waals surface area (Å²) in [7, 11) is 0. The first-order valence-electron chi connectivity index (χ1n) is 9.10. The molecule has 0 atom stereocenters. The highest BCUT2D eigenvalue weighted by molar-refractivity contribution is 7.98. The van der Waals surface area contributed by atoms with Gasteiger partial charge in [0.1, 0.15) is 0 Å². The lowest BCUT2D eigenvalue weighted by Crippen LogP contribution is -2.24. The molecule has 0 spiro atoms. The molecule has 4 rings (SSSR count). The minimum Gasteiger partial charge on any atom is -0.459 e. The smallest absolute Gasteiger partial charge is 0.287 e. The standard InChI is InChI=1S/C20H18N6O3S/c1-2-10-26-16(12-21-18(27)15-9-6-11-28-15)22-25-20(26)30-13-17-23-24-19(29-17)14-7-4-3-5-8-14/h2-9,11H,1,10,12-13H2,(H,21,27). The number of allylic oxidation sites excluding steroid dienone is 1. The van der Waals surface area contributed by atoms with Crippen LogP contribution >= 0.6 is 11.8 Å². The van der Waals surface area contributed by atoms with Gasteiger partial charge in [-0.15, -0.1) is 27.0 Å². The molecule has 10 heteroatoms. The van der Waals surface area contributed by atoms with Gasteiger partial charge < -0.3 is 18.7 Å². The number of aromatic nitrogens is 5. The number of thioether (sulfide) groups is 1. The molecule has 9 nitrogen and oxygen atoms in total. The van der Waals surface area contributed by atoms with Gasteiger partial charge in [-0.2, -0.15) is 0 Å². The summed E-state index contributed by atoms with van der Waals surface area (Å²) in [5.41, 5.74) is 0.866. The van der Waals surface area contributed by atoms with Crippen LogP contribution in [0.25, 0.3) is 11.5 Å². The Morgan fingerprint density at radius 3 is 2.77 bits per heavy atom. The minimum absolute atomic E-state index is 0.208. The van der Waals surface area contributed by atoms with Gasteiger partial charge in [-0.25, -0.2) is 0 Å². The first kappa shape index (κ1) is 19.6. The quantitative estimate of drug-likeness (QED) is 0.323. The fraction of sp³-hybridized carbons (Fsp3) is 0.150. The zero-order valence-electron chi connectivity index (χ0n) is 15.9. The third-order valence-corrected chi connectivity index (χ3v) is 5.02. The molecule has 0 aliphatic rings. The van der Waals surface area contributed by atoms with Crippen molar-refractivity contribution in [3.63, 3.8) is 0 Å². The van der Waals surface area contributed by atoms with Gasteiger partial charge in [-0.1, -0.05) is 36.0 Å². The van der Waals surface area contributed by atoms with E-state index in [9.17, 15) is 4.79 Å². The molecule has 1 aromatic carbocycles. The Morgan fingerprint density at radius 2 is 2.00 bits per heavy atom. The summed E-state index contributed by atoms with van der Waals surface area (Å²) in [4.78, 5) is 12.1. The van der Waals surface area contributed by atoms with E-state index in [1.54, 1.807) is 18.2 Å². The molecule has 1 amide bonds. The molecule has 1 N–H and O–H groups in total. The maximum atomic E-state index is 12.1. The molecule has 30 heavy (non-hydrogen) atoms. The maximum Gasteiger partial charge on any atom is 0.287 e. The van der Waals surface area contributed by atoms with Gasteiger partial charge in [0.2, 0.25) is 11.8 Å². The van der Waals surface area contributed by atoms with E-state index < -0.39 is 0 Å². The van der Waals surface area contributed by atoms with Crippen LogP contribution in [-0.4, -0.2) is 30.9 Å². The monoisotopic (exact) mass is 422 g/mol. The van der Waals surface area contributed by atoms with Crippen molar-refractivity contribution in [2.75, 3.05) is 0 Å². The molecule has 3 aromatic heterocycles. The van der Waals surface area contributed by atoms with Gasteiger partial charge in [-0.3, -0.25) is 4.79 Å². The molecule has 0 unspecified atom stereocenters. The number of hydrogen-bond donors (Lipinski definition) is 1. The Morgan fingerprint density at radius 1 is 1.13 bits per heavy atom. The van der Waals surface area contributed by atoms with E-state index >= 15 is 0 Å². The van der Waals surface area contributed by atoms with Crippen molar-refractivity contribution in [2.45, 2.75) is 24.0 Å². The maximum absolute atomic E-state index is 12.1. The van der Waals surface area contributed by atoms with Crippen molar-refractivity contribution in [3.8, 4) is 11.5 Å². The number of nitrogens with one attached hydrogen (secondary N) is 1. The number of amides is 1. The molecule has 0 fully saturated rings. The third kappa shape index (κ3) is 4.49. The van der Waals surface area contributed by atoms with E-state index in [1.807, 2.05) is 34.9 Å². The SMILES string of the molecule is C=CCn1c(CNC(=O)c2ccco2)nnc1SCc1nnc(-c2ccccc2)o1. The summed E-state index contributed by atoms with van der Waals surface area (Å²) in [5.74, 6) is 1.92. The average Bonchev–Trinajstić information content (AvgIpc) is 3.53. The van der Waals surface area contributed by atoms with Crippen molar-refractivity contribution < 1.29 is 13.6 Å². The number of benzene rings is 1. The van der Waals surface area contributed by atoms with Crippen LogP contribution in [0.3, 0.4) is 0 Å². The molecule has 0 bridgehead atoms. The molecule has 0 radical (unpaired) electrons. The number of nitrogens with zero attached hydrogens (tertiary/aromatic N) is 5. The van der Waals surface area contributed by atoms with Crippen LogP contribution in [0, 0.1) is 0 Å². The molecule has 152 valence electrons. The summed E-state index contributed by atoms with van der Waals surface area (Å²) in [6.07, 6.45) is 3.19. The van der Waals surface area contributed by atoms with Crippen molar-refractivity contribution in [2.24, 2.45) is 0 Å². The van der Waals surface area contributed by atoms with E-state index in [0.717, 1.165) is 5.56 Å². The molecule has 0 aliphatic heterocycles. The van der Waals surface area contributed by atoms with Crippen LogP contribution < -0.4 is 5.32 Å². The summed E-state index contributed by atoms with van der Waals surface area (Å²) in [5, 5.41) is 20.0. The summed E-state index contributed by atoms with van der Waals surface area (Å²) >= 11 is 1.42. The van der Waals surface area contributed by atoms with E-state index in [-0.39, 0.29) is 18.2 Å². The van der Waals surface area contributed by atoms with Crippen LogP contribution in [0.5, 0.6) is 0 Å². The van der Waals surface area contributed by atoms with E-state index in [4.69, 9.17) is 8.83 Å². The second kappa shape index (κ2) is 9.23. The lowest BCUT2D eigenvalue weighted by molar-refractivity contribution is 0.0921. The van der Waals surface area contributed by atoms with E-state index in [1.165, 1.54) is 18.0 Å². The summed E-state index contributed by atoms with van der Waals surface area (Å²) < 4.78 is 12.7. The molecular weight excluding hydrogens is 404 g/mol. The van der Waals surface area contributed by atoms with Gasteiger partial charge in [0.25, 0.3) is 5.91 Å². The number of carbonyl (C=O) groups excluding carboxylic acids is 1. The predicted molar refractivity (Wildman–Crippen MR) is 109 cm³/mol. The predicted octanol–water partition coefficient (Wildman–Crippen LogP) is 3.33. The van der Waals surface area contributed by atoms with Crippen LogP contribution in [0.1, 0.15) is 22.3 Å². The number of rotatable bonds is 9. The third-order valence-electron chi connectivity index (χ3n) is 4.07. The second-order valence-electron chi connectivity index (χ2n) is 6.11. The number of furan rings is 1. The van der Waals surface area contributed by atoms with Crippen LogP contribution in [0.4, 0.5) is 0 Å². The lowest BCUT2D eigenvalue weighted by Gasteiger charge is -2.07. The Labute approximate surface area is 176 Å². The van der Waals surface area contributed by atoms with E-state index in [0.29, 0.717) is 35.1 Å². The largest absolute Gasteiger partial charge is 0.459 e. The van der Waals surface area contributed by atoms with Crippen LogP contribution in [0.15, 0.2) is 75.4 Å². The molecule has 0 saturated heterocycles. The Kier molecular flexibility index (Phi) is 6.04. The van der Waals surface area contributed by atoms with Crippen molar-refractivity contribution in [1.29, 1.82) is 0 Å². The van der Waals surface area contributed by atoms with Gasteiger partial charge in [0, 0.05) is 12.1 Å². The molecule has 4 aromatic rings. The van der Waals surface area contributed by atoms with Crippen molar-refractivity contribution >= 4 is 17.7 Å². The molecular formula is C20H18N6O3S. The van der Waals surface area contributed by atoms with Crippen molar-refractivity contribution in [3.05, 3.63) is 78.9 Å². The molecule has 0 aliphatic carbocycles. The van der Waals surface area contributed by atoms with E-state index in [2.05, 4.69) is 32.3 Å². The zero-order chi connectivity index (χ0) is 20.8. The molecule has 0 saturated carbocycles. The second-order valence-corrected chi connectivity index (χ2v) is 7.06. The van der Waals surface area contributed by atoms with Crippen LogP contribution in [0.2, 0.25) is 0 Å². The molecule has 3 heterocycles. The number of hydrogen-bond acceptors (Lipinski definition) is 8. The normalized spacial score (nSPS) is 10.8. The van der Waals surface area contributed by atoms with Crippen LogP contribution in [-0.2, 0) is 18.8 Å². The average molecular weight is 422 g/mol. The van der Waals surface area contributed by atoms with Gasteiger partial charge >= 0.3 is 0 Å². The highest BCUT2D eigenvalue weighted by Crippen LogP contribution is 2.24. The Bertz CT molecular complexity index is 1120. The van der Waals surface area contributed by atoms with Gasteiger partial charge in [0.15, 0.2) is 16.7 Å². The Balaban J connectivity index is 1.41. The topological polar surface area (TPSA) is 112 Å². The summed E-state index contributed by atoms with van der Waals surface area (Å²) in [6.45, 7) is 4.49. The van der Waals surface area contributed by atoms with Crippen molar-refractivity contribution in [1.82, 2.24) is 30.3 Å². The van der Waals surface area contributed by atoms with Gasteiger partial charge in [0.05, 0.1) is 18.6 Å². The highest BCUT2D eigenvalue weighted by atomic mass is 32.2. The fourth-order valence-electron chi connectivity index (χ4n) is 2.66. The first-order valence-corrected chi connectivity index (χ1v) is 10.1. The zero-order valence-corrected chi connectivity index (χ0v) is 16.7. The summed E-state index contributed by atoms with van der Waals surface area (Å²) in [6, 6.07) is 12.8. The number of carbonyl (C=O) groups is 1. The van der Waals surface area contributed by atoms with Gasteiger partial charge in [-0.05, 0) is 24.3 Å². The minimum atomic E-state index is -0.318. The lowest BCUT2D eigenvalue weighted by atomic mass is 10.2. The fourth-order valence-corrected chi connectivity index (χ4v) is 3.46. The highest BCUT2D eigenvalue weighted by Gasteiger charge is 2.16. The first-order chi connectivity index (χ1) is 14.7. The Hall–Kier alpha value is -3.66.